The zero-order valence-electron chi connectivity index (χ0n) is 8.90. The Balaban J connectivity index is 2.50. The average Bonchev–Trinajstić information content (AvgIpc) is 2.66. The van der Waals surface area contributed by atoms with Gasteiger partial charge in [0.2, 0.25) is 0 Å². The Hall–Kier alpha value is -1.07. The minimum atomic E-state index is -0.864. The van der Waals surface area contributed by atoms with E-state index in [1.54, 1.807) is 13.2 Å². The fraction of sp³-hybridized carbons (Fsp3) is 0.500. The molecular formula is C10H15NO3S. The third kappa shape index (κ3) is 3.53. The van der Waals surface area contributed by atoms with Crippen LogP contribution in [0.1, 0.15) is 16.1 Å². The third-order valence-electron chi connectivity index (χ3n) is 2.02. The Morgan fingerprint density at radius 3 is 2.87 bits per heavy atom. The van der Waals surface area contributed by atoms with Crippen LogP contribution in [0.5, 0.6) is 0 Å². The number of carbonyl (C=O) groups is 1. The Labute approximate surface area is 93.1 Å². The number of thiophene rings is 1. The number of anilines is 1. The van der Waals surface area contributed by atoms with Crippen molar-refractivity contribution in [3.05, 3.63) is 17.0 Å². The maximum absolute atomic E-state index is 10.7. The minimum Gasteiger partial charge on any atom is -0.477 e. The molecule has 1 aromatic rings. The highest BCUT2D eigenvalue weighted by atomic mass is 32.1. The van der Waals surface area contributed by atoms with Crippen molar-refractivity contribution in [1.82, 2.24) is 0 Å². The zero-order valence-corrected chi connectivity index (χ0v) is 9.71. The van der Waals surface area contributed by atoms with Crippen LogP contribution in [0.4, 0.5) is 5.00 Å². The molecule has 0 aliphatic carbocycles. The van der Waals surface area contributed by atoms with Crippen molar-refractivity contribution < 1.29 is 14.6 Å². The lowest BCUT2D eigenvalue weighted by Gasteiger charge is -2.16. The van der Waals surface area contributed by atoms with Crippen molar-refractivity contribution in [2.45, 2.75) is 6.42 Å². The van der Waals surface area contributed by atoms with E-state index in [1.807, 2.05) is 18.0 Å². The largest absolute Gasteiger partial charge is 0.477 e. The van der Waals surface area contributed by atoms with Gasteiger partial charge < -0.3 is 14.7 Å². The highest BCUT2D eigenvalue weighted by Gasteiger charge is 2.09. The summed E-state index contributed by atoms with van der Waals surface area (Å²) in [4.78, 5) is 13.1. The van der Waals surface area contributed by atoms with E-state index in [0.29, 0.717) is 4.88 Å². The SMILES string of the molecule is COCCCN(C)c1ccc(C(=O)O)s1. The summed E-state index contributed by atoms with van der Waals surface area (Å²) in [6.45, 7) is 1.59. The molecule has 5 heteroatoms. The van der Waals surface area contributed by atoms with Crippen LogP contribution in [0.3, 0.4) is 0 Å². The summed E-state index contributed by atoms with van der Waals surface area (Å²) < 4.78 is 4.95. The first-order valence-corrected chi connectivity index (χ1v) is 5.50. The van der Waals surface area contributed by atoms with Crippen molar-refractivity contribution in [2.24, 2.45) is 0 Å². The summed E-state index contributed by atoms with van der Waals surface area (Å²) in [6, 6.07) is 3.47. The van der Waals surface area contributed by atoms with Crippen molar-refractivity contribution in [2.75, 3.05) is 32.2 Å². The Morgan fingerprint density at radius 1 is 1.60 bits per heavy atom. The molecule has 0 aromatic carbocycles. The minimum absolute atomic E-state index is 0.378. The van der Waals surface area contributed by atoms with Gasteiger partial charge in [0.05, 0.1) is 5.00 Å². The normalized spacial score (nSPS) is 10.3. The predicted molar refractivity (Wildman–Crippen MR) is 61.0 cm³/mol. The summed E-state index contributed by atoms with van der Waals surface area (Å²) in [7, 11) is 3.63. The summed E-state index contributed by atoms with van der Waals surface area (Å²) in [5.41, 5.74) is 0. The summed E-state index contributed by atoms with van der Waals surface area (Å²) in [6.07, 6.45) is 0.938. The van der Waals surface area contributed by atoms with Crippen LogP contribution in [0, 0.1) is 0 Å². The molecule has 1 aromatic heterocycles. The van der Waals surface area contributed by atoms with Crippen LogP contribution in [-0.4, -0.2) is 38.4 Å². The van der Waals surface area contributed by atoms with E-state index in [0.717, 1.165) is 24.6 Å². The molecule has 0 atom stereocenters. The molecule has 1 N–H and O–H groups in total. The van der Waals surface area contributed by atoms with E-state index in [2.05, 4.69) is 0 Å². The Morgan fingerprint density at radius 2 is 2.33 bits per heavy atom. The molecule has 0 bridgehead atoms. The van der Waals surface area contributed by atoms with Gasteiger partial charge in [0.15, 0.2) is 0 Å². The summed E-state index contributed by atoms with van der Waals surface area (Å²) in [5, 5.41) is 9.74. The number of rotatable bonds is 6. The van der Waals surface area contributed by atoms with E-state index < -0.39 is 5.97 Å². The molecular weight excluding hydrogens is 214 g/mol. The summed E-state index contributed by atoms with van der Waals surface area (Å²) >= 11 is 1.29. The first-order chi connectivity index (χ1) is 7.15. The number of hydrogen-bond donors (Lipinski definition) is 1. The van der Waals surface area contributed by atoms with Gasteiger partial charge >= 0.3 is 5.97 Å². The number of carboxylic acids is 1. The topological polar surface area (TPSA) is 49.8 Å². The first kappa shape index (κ1) is 12.0. The van der Waals surface area contributed by atoms with E-state index in [-0.39, 0.29) is 0 Å². The monoisotopic (exact) mass is 229 g/mol. The molecule has 1 heterocycles. The molecule has 1 rings (SSSR count). The number of methoxy groups -OCH3 is 1. The van der Waals surface area contributed by atoms with Crippen molar-refractivity contribution >= 4 is 22.3 Å². The number of nitrogens with zero attached hydrogens (tertiary/aromatic N) is 1. The van der Waals surface area contributed by atoms with Gasteiger partial charge in [-0.1, -0.05) is 0 Å². The number of carboxylic acid groups (broad SMARTS) is 1. The molecule has 0 saturated heterocycles. The Kier molecular flexibility index (Phi) is 4.58. The second kappa shape index (κ2) is 5.72. The third-order valence-corrected chi connectivity index (χ3v) is 3.21. The van der Waals surface area contributed by atoms with Gasteiger partial charge in [-0.3, -0.25) is 0 Å². The van der Waals surface area contributed by atoms with Gasteiger partial charge in [-0.25, -0.2) is 4.79 Å². The van der Waals surface area contributed by atoms with E-state index >= 15 is 0 Å². The van der Waals surface area contributed by atoms with Crippen LogP contribution >= 0.6 is 11.3 Å². The van der Waals surface area contributed by atoms with Crippen LogP contribution in [0.15, 0.2) is 12.1 Å². The van der Waals surface area contributed by atoms with Gasteiger partial charge in [-0.2, -0.15) is 0 Å². The van der Waals surface area contributed by atoms with Crippen LogP contribution in [0.25, 0.3) is 0 Å². The molecule has 0 spiro atoms. The lowest BCUT2D eigenvalue weighted by atomic mass is 10.4. The first-order valence-electron chi connectivity index (χ1n) is 4.68. The highest BCUT2D eigenvalue weighted by Crippen LogP contribution is 2.24. The van der Waals surface area contributed by atoms with Crippen LogP contribution in [-0.2, 0) is 4.74 Å². The molecule has 0 amide bonds. The van der Waals surface area contributed by atoms with Gasteiger partial charge in [-0.15, -0.1) is 11.3 Å². The molecule has 0 aliphatic rings. The average molecular weight is 229 g/mol. The van der Waals surface area contributed by atoms with Gasteiger partial charge in [0.25, 0.3) is 0 Å². The zero-order chi connectivity index (χ0) is 11.3. The van der Waals surface area contributed by atoms with Crippen molar-refractivity contribution in [1.29, 1.82) is 0 Å². The lowest BCUT2D eigenvalue weighted by molar-refractivity contribution is 0.0702. The fourth-order valence-corrected chi connectivity index (χ4v) is 2.04. The fourth-order valence-electron chi connectivity index (χ4n) is 1.20. The van der Waals surface area contributed by atoms with Crippen LogP contribution in [0.2, 0.25) is 0 Å². The second-order valence-corrected chi connectivity index (χ2v) is 4.27. The van der Waals surface area contributed by atoms with E-state index in [9.17, 15) is 4.79 Å². The molecule has 84 valence electrons. The molecule has 0 saturated carbocycles. The van der Waals surface area contributed by atoms with E-state index in [4.69, 9.17) is 9.84 Å². The maximum atomic E-state index is 10.7. The second-order valence-electron chi connectivity index (χ2n) is 3.21. The lowest BCUT2D eigenvalue weighted by Crippen LogP contribution is -2.18. The molecule has 0 aliphatic heterocycles. The number of ether oxygens (including phenoxy) is 1. The quantitative estimate of drug-likeness (QED) is 0.757. The molecule has 0 fully saturated rings. The Bertz CT molecular complexity index is 324. The number of hydrogen-bond acceptors (Lipinski definition) is 4. The van der Waals surface area contributed by atoms with E-state index in [1.165, 1.54) is 11.3 Å². The number of aromatic carboxylic acids is 1. The van der Waals surface area contributed by atoms with Gasteiger partial charge in [-0.05, 0) is 18.6 Å². The highest BCUT2D eigenvalue weighted by molar-refractivity contribution is 7.17. The van der Waals surface area contributed by atoms with Crippen molar-refractivity contribution in [3.8, 4) is 0 Å². The maximum Gasteiger partial charge on any atom is 0.345 e. The van der Waals surface area contributed by atoms with Gasteiger partial charge in [0.1, 0.15) is 4.88 Å². The smallest absolute Gasteiger partial charge is 0.345 e. The van der Waals surface area contributed by atoms with Crippen molar-refractivity contribution in [3.63, 3.8) is 0 Å². The predicted octanol–water partition coefficient (Wildman–Crippen LogP) is 1.92. The molecule has 0 radical (unpaired) electrons. The van der Waals surface area contributed by atoms with Gasteiger partial charge in [0, 0.05) is 27.3 Å². The molecule has 0 unspecified atom stereocenters. The standard InChI is InChI=1S/C10H15NO3S/c1-11(6-3-7-14-2)9-5-4-8(15-9)10(12)13/h4-5H,3,6-7H2,1-2H3,(H,12,13). The molecule has 4 nitrogen and oxygen atoms in total. The van der Waals surface area contributed by atoms with Crippen LogP contribution < -0.4 is 4.90 Å². The summed E-state index contributed by atoms with van der Waals surface area (Å²) in [5.74, 6) is -0.864. The molecule has 15 heavy (non-hydrogen) atoms.